The van der Waals surface area contributed by atoms with Gasteiger partial charge in [-0.15, -0.1) is 0 Å². The number of rotatable bonds is 3. The summed E-state index contributed by atoms with van der Waals surface area (Å²) in [4.78, 5) is 0.342. The van der Waals surface area contributed by atoms with E-state index in [0.717, 1.165) is 17.3 Å². The van der Waals surface area contributed by atoms with E-state index in [1.807, 2.05) is 6.07 Å². The fourth-order valence-electron chi connectivity index (χ4n) is 2.53. The van der Waals surface area contributed by atoms with Gasteiger partial charge in [0, 0.05) is 21.5 Å². The first-order valence-corrected chi connectivity index (χ1v) is 9.33. The second-order valence-corrected chi connectivity index (χ2v) is 8.77. The van der Waals surface area contributed by atoms with E-state index in [1.165, 1.54) is 0 Å². The molecule has 2 rings (SSSR count). The van der Waals surface area contributed by atoms with Gasteiger partial charge in [-0.2, -0.15) is 4.31 Å². The van der Waals surface area contributed by atoms with Gasteiger partial charge < -0.3 is 0 Å². The molecule has 1 heterocycles. The van der Waals surface area contributed by atoms with Crippen LogP contribution in [0.2, 0.25) is 0 Å². The summed E-state index contributed by atoms with van der Waals surface area (Å²) in [6, 6.07) is 5.36. The maximum absolute atomic E-state index is 12.8. The lowest BCUT2D eigenvalue weighted by Crippen LogP contribution is -2.38. The predicted octanol–water partition coefficient (Wildman–Crippen LogP) is 4.02. The third-order valence-electron chi connectivity index (χ3n) is 3.50. The summed E-state index contributed by atoms with van der Waals surface area (Å²) in [7, 11) is -3.43. The van der Waals surface area contributed by atoms with Gasteiger partial charge in [-0.3, -0.25) is 0 Å². The first kappa shape index (κ1) is 15.5. The number of hydrogen-bond acceptors (Lipinski definition) is 2. The second kappa shape index (κ2) is 5.84. The Bertz CT molecular complexity index is 572. The Morgan fingerprint density at radius 2 is 2.00 bits per heavy atom. The highest BCUT2D eigenvalue weighted by Crippen LogP contribution is 2.34. The number of nitrogens with zero attached hydrogens (tertiary/aromatic N) is 1. The molecule has 1 fully saturated rings. The van der Waals surface area contributed by atoms with Crippen molar-refractivity contribution >= 4 is 41.9 Å². The predicted molar refractivity (Wildman–Crippen MR) is 83.6 cm³/mol. The minimum absolute atomic E-state index is 0.107. The molecule has 0 spiro atoms. The molecular formula is C13H17Br2NO2S. The van der Waals surface area contributed by atoms with Gasteiger partial charge in [-0.05, 0) is 52.9 Å². The molecule has 1 aromatic rings. The van der Waals surface area contributed by atoms with Crippen LogP contribution in [0.15, 0.2) is 32.0 Å². The third kappa shape index (κ3) is 3.06. The van der Waals surface area contributed by atoms with Crippen LogP contribution in [-0.2, 0) is 10.0 Å². The van der Waals surface area contributed by atoms with Crippen LogP contribution in [0.25, 0.3) is 0 Å². The van der Waals surface area contributed by atoms with Crippen LogP contribution in [0, 0.1) is 5.92 Å². The molecule has 19 heavy (non-hydrogen) atoms. The molecule has 0 N–H and O–H groups in total. The third-order valence-corrected chi connectivity index (χ3v) is 6.91. The average molecular weight is 411 g/mol. The largest absolute Gasteiger partial charge is 0.244 e. The lowest BCUT2D eigenvalue weighted by Gasteiger charge is -2.27. The van der Waals surface area contributed by atoms with Gasteiger partial charge in [0.05, 0.1) is 4.90 Å². The van der Waals surface area contributed by atoms with Gasteiger partial charge in [0.2, 0.25) is 10.0 Å². The van der Waals surface area contributed by atoms with Crippen molar-refractivity contribution in [2.75, 3.05) is 6.54 Å². The molecule has 0 saturated carbocycles. The lowest BCUT2D eigenvalue weighted by molar-refractivity contribution is 0.315. The monoisotopic (exact) mass is 409 g/mol. The van der Waals surface area contributed by atoms with Crippen LogP contribution in [0.3, 0.4) is 0 Å². The van der Waals surface area contributed by atoms with Crippen molar-refractivity contribution in [2.45, 2.75) is 37.6 Å². The molecule has 0 amide bonds. The zero-order valence-electron chi connectivity index (χ0n) is 10.9. The summed E-state index contributed by atoms with van der Waals surface area (Å²) >= 11 is 6.68. The normalized spacial score (nSPS) is 21.2. The van der Waals surface area contributed by atoms with E-state index in [9.17, 15) is 8.42 Å². The number of benzene rings is 1. The van der Waals surface area contributed by atoms with Crippen molar-refractivity contribution in [3.63, 3.8) is 0 Å². The fourth-order valence-corrected chi connectivity index (χ4v) is 5.82. The summed E-state index contributed by atoms with van der Waals surface area (Å²) in [5.74, 6) is 0.336. The summed E-state index contributed by atoms with van der Waals surface area (Å²) < 4.78 is 28.6. The molecule has 1 aliphatic heterocycles. The van der Waals surface area contributed by atoms with Crippen LogP contribution in [0.5, 0.6) is 0 Å². The highest BCUT2D eigenvalue weighted by atomic mass is 79.9. The maximum Gasteiger partial charge on any atom is 0.244 e. The van der Waals surface area contributed by atoms with Gasteiger partial charge in [0.15, 0.2) is 0 Å². The van der Waals surface area contributed by atoms with Crippen LogP contribution < -0.4 is 0 Å². The molecule has 1 saturated heterocycles. The van der Waals surface area contributed by atoms with Gasteiger partial charge >= 0.3 is 0 Å². The Balaban J connectivity index is 2.45. The highest BCUT2D eigenvalue weighted by molar-refractivity contribution is 9.11. The van der Waals surface area contributed by atoms with Crippen LogP contribution in [0.4, 0.5) is 0 Å². The lowest BCUT2D eigenvalue weighted by atomic mass is 10.0. The van der Waals surface area contributed by atoms with Crippen LogP contribution >= 0.6 is 31.9 Å². The van der Waals surface area contributed by atoms with E-state index < -0.39 is 10.0 Å². The van der Waals surface area contributed by atoms with Crippen molar-refractivity contribution in [2.24, 2.45) is 5.92 Å². The first-order valence-electron chi connectivity index (χ1n) is 6.31. The molecule has 1 unspecified atom stereocenters. The van der Waals surface area contributed by atoms with Crippen molar-refractivity contribution in [1.29, 1.82) is 0 Å². The van der Waals surface area contributed by atoms with Gasteiger partial charge in [-0.1, -0.05) is 29.8 Å². The molecule has 106 valence electrons. The van der Waals surface area contributed by atoms with Crippen molar-refractivity contribution in [1.82, 2.24) is 4.31 Å². The molecule has 1 aromatic carbocycles. The Kier molecular flexibility index (Phi) is 4.75. The SMILES string of the molecule is CC(C)C1CCCN1S(=O)(=O)c1cc(Br)ccc1Br. The molecule has 3 nitrogen and oxygen atoms in total. The van der Waals surface area contributed by atoms with E-state index in [0.29, 0.717) is 21.8 Å². The zero-order valence-corrected chi connectivity index (χ0v) is 14.9. The molecule has 0 radical (unpaired) electrons. The van der Waals surface area contributed by atoms with Gasteiger partial charge in [-0.25, -0.2) is 8.42 Å². The minimum atomic E-state index is -3.43. The smallest absolute Gasteiger partial charge is 0.207 e. The van der Waals surface area contributed by atoms with E-state index in [1.54, 1.807) is 16.4 Å². The molecule has 1 aliphatic rings. The molecule has 1 atom stereocenters. The maximum atomic E-state index is 12.8. The van der Waals surface area contributed by atoms with Crippen molar-refractivity contribution in [3.8, 4) is 0 Å². The number of sulfonamides is 1. The van der Waals surface area contributed by atoms with E-state index in [4.69, 9.17) is 0 Å². The number of hydrogen-bond donors (Lipinski definition) is 0. The van der Waals surface area contributed by atoms with Gasteiger partial charge in [0.1, 0.15) is 0 Å². The molecule has 0 aliphatic carbocycles. The number of halogens is 2. The summed E-state index contributed by atoms with van der Waals surface area (Å²) in [6.07, 6.45) is 1.89. The summed E-state index contributed by atoms with van der Waals surface area (Å²) in [5.41, 5.74) is 0. The zero-order chi connectivity index (χ0) is 14.2. The van der Waals surface area contributed by atoms with E-state index >= 15 is 0 Å². The quantitative estimate of drug-likeness (QED) is 0.754. The summed E-state index contributed by atoms with van der Waals surface area (Å²) in [5, 5.41) is 0. The Labute approximate surface area is 131 Å². The van der Waals surface area contributed by atoms with Crippen LogP contribution in [-0.4, -0.2) is 25.3 Å². The Hall–Kier alpha value is 0.0900. The van der Waals surface area contributed by atoms with E-state index in [-0.39, 0.29) is 6.04 Å². The van der Waals surface area contributed by atoms with Crippen molar-refractivity contribution < 1.29 is 8.42 Å². The highest BCUT2D eigenvalue weighted by Gasteiger charge is 2.37. The fraction of sp³-hybridized carbons (Fsp3) is 0.538. The average Bonchev–Trinajstić information content (AvgIpc) is 2.82. The Morgan fingerprint density at radius 1 is 1.32 bits per heavy atom. The van der Waals surface area contributed by atoms with Crippen LogP contribution in [0.1, 0.15) is 26.7 Å². The minimum Gasteiger partial charge on any atom is -0.207 e. The summed E-state index contributed by atoms with van der Waals surface area (Å²) in [6.45, 7) is 4.77. The second-order valence-electron chi connectivity index (χ2n) is 5.14. The Morgan fingerprint density at radius 3 is 2.63 bits per heavy atom. The molecular weight excluding hydrogens is 394 g/mol. The van der Waals surface area contributed by atoms with Gasteiger partial charge in [0.25, 0.3) is 0 Å². The first-order chi connectivity index (χ1) is 8.84. The standard InChI is InChI=1S/C13H17Br2NO2S/c1-9(2)12-4-3-7-16(12)19(17,18)13-8-10(14)5-6-11(13)15/h5-6,8-9,12H,3-4,7H2,1-2H3. The van der Waals surface area contributed by atoms with E-state index in [2.05, 4.69) is 45.7 Å². The molecule has 0 aromatic heterocycles. The molecule has 6 heteroatoms. The topological polar surface area (TPSA) is 37.4 Å². The molecule has 0 bridgehead atoms. The van der Waals surface area contributed by atoms with Crippen molar-refractivity contribution in [3.05, 3.63) is 27.1 Å².